The molecule has 0 amide bonds. The average Bonchev–Trinajstić information content (AvgIpc) is 3.14. The maximum Gasteiger partial charge on any atom is 0.195 e. The molecule has 0 saturated carbocycles. The Kier molecular flexibility index (Phi) is 8.10. The number of hydrogen-bond acceptors (Lipinski definition) is 5. The van der Waals surface area contributed by atoms with Crippen molar-refractivity contribution in [3.8, 4) is 22.8 Å². The number of nitrogens with zero attached hydrogens (tertiary/aromatic N) is 2. The quantitative estimate of drug-likeness (QED) is 0.381. The van der Waals surface area contributed by atoms with Gasteiger partial charge in [0, 0.05) is 16.0 Å². The number of nitrogens with one attached hydrogen (secondary N) is 1. The van der Waals surface area contributed by atoms with Crippen LogP contribution in [0.1, 0.15) is 5.56 Å². The topological polar surface area (TPSA) is 81.8 Å². The molecule has 0 fully saturated rings. The summed E-state index contributed by atoms with van der Waals surface area (Å²) in [5.41, 5.74) is 8.61. The zero-order valence-corrected chi connectivity index (χ0v) is 18.6. The molecule has 0 saturated heterocycles. The van der Waals surface area contributed by atoms with Crippen LogP contribution in [-0.4, -0.2) is 25.2 Å². The predicted molar refractivity (Wildman–Crippen MR) is 121 cm³/mol. The highest BCUT2D eigenvalue weighted by Gasteiger charge is 2.10. The Labute approximate surface area is 183 Å². The van der Waals surface area contributed by atoms with Gasteiger partial charge in [-0.2, -0.15) is 0 Å². The molecule has 148 valence electrons. The van der Waals surface area contributed by atoms with Crippen LogP contribution in [0.4, 0.5) is 5.13 Å². The van der Waals surface area contributed by atoms with Crippen molar-refractivity contribution in [2.24, 2.45) is 10.7 Å². The summed E-state index contributed by atoms with van der Waals surface area (Å²) in [6.07, 6.45) is 0. The molecule has 0 aliphatic carbocycles. The number of halogens is 2. The van der Waals surface area contributed by atoms with Crippen LogP contribution in [0, 0.1) is 0 Å². The number of anilines is 1. The van der Waals surface area contributed by atoms with Crippen LogP contribution in [0.2, 0.25) is 5.02 Å². The second-order valence-electron chi connectivity index (χ2n) is 5.52. The van der Waals surface area contributed by atoms with Gasteiger partial charge in [0.25, 0.3) is 0 Å². The molecule has 2 aromatic carbocycles. The number of guanidine groups is 1. The van der Waals surface area contributed by atoms with Gasteiger partial charge in [-0.15, -0.1) is 28.3 Å². The lowest BCUT2D eigenvalue weighted by Crippen LogP contribution is -2.22. The Hall–Kier alpha value is -2.29. The van der Waals surface area contributed by atoms with Gasteiger partial charge in [-0.05, 0) is 24.3 Å². The number of methoxy groups -OCH3 is 2. The third-order valence-electron chi connectivity index (χ3n) is 3.80. The molecular weight excluding hydrogens is 464 g/mol. The molecule has 0 aliphatic rings. The van der Waals surface area contributed by atoms with Gasteiger partial charge in [0.15, 0.2) is 11.1 Å². The molecule has 0 spiro atoms. The van der Waals surface area contributed by atoms with Crippen molar-refractivity contribution in [1.29, 1.82) is 0 Å². The number of ether oxygens (including phenoxy) is 2. The van der Waals surface area contributed by atoms with Crippen LogP contribution in [0.5, 0.6) is 11.5 Å². The first kappa shape index (κ1) is 22.0. The van der Waals surface area contributed by atoms with Gasteiger partial charge >= 0.3 is 0 Å². The van der Waals surface area contributed by atoms with E-state index in [1.165, 1.54) is 11.3 Å². The molecule has 0 aliphatic heterocycles. The second kappa shape index (κ2) is 10.3. The van der Waals surface area contributed by atoms with Crippen LogP contribution in [0.15, 0.2) is 52.8 Å². The fraction of sp³-hybridized carbons (Fsp3) is 0.158. The zero-order valence-electron chi connectivity index (χ0n) is 15.3. The van der Waals surface area contributed by atoms with Gasteiger partial charge in [0.05, 0.1) is 32.0 Å². The van der Waals surface area contributed by atoms with Gasteiger partial charge in [-0.3, -0.25) is 0 Å². The van der Waals surface area contributed by atoms with Crippen LogP contribution in [-0.2, 0) is 6.54 Å². The lowest BCUT2D eigenvalue weighted by molar-refractivity contribution is 0.385. The van der Waals surface area contributed by atoms with Crippen molar-refractivity contribution in [3.63, 3.8) is 0 Å². The van der Waals surface area contributed by atoms with E-state index < -0.39 is 0 Å². The summed E-state index contributed by atoms with van der Waals surface area (Å²) in [4.78, 5) is 8.89. The summed E-state index contributed by atoms with van der Waals surface area (Å²) in [6.45, 7) is 0.318. The van der Waals surface area contributed by atoms with Crippen molar-refractivity contribution in [2.75, 3.05) is 19.5 Å². The Bertz CT molecular complexity index is 942. The molecule has 28 heavy (non-hydrogen) atoms. The Balaban J connectivity index is 0.00000280. The SMILES string of the molecule is Br.COc1cccc(OC)c1CN=C(N)Nc1nc(-c2cccc(Cl)c2)cs1. The summed E-state index contributed by atoms with van der Waals surface area (Å²) in [5.74, 6) is 1.65. The molecule has 0 unspecified atom stereocenters. The van der Waals surface area contributed by atoms with E-state index >= 15 is 0 Å². The van der Waals surface area contributed by atoms with Crippen LogP contribution in [0.25, 0.3) is 11.3 Å². The van der Waals surface area contributed by atoms with Crippen LogP contribution in [0.3, 0.4) is 0 Å². The van der Waals surface area contributed by atoms with Gasteiger partial charge < -0.3 is 20.5 Å². The number of thiazole rings is 1. The fourth-order valence-corrected chi connectivity index (χ4v) is 3.43. The molecule has 3 N–H and O–H groups in total. The minimum absolute atomic E-state index is 0. The lowest BCUT2D eigenvalue weighted by Gasteiger charge is -2.11. The maximum absolute atomic E-state index is 6.04. The molecule has 9 heteroatoms. The number of benzene rings is 2. The average molecular weight is 484 g/mol. The van der Waals surface area contributed by atoms with Crippen molar-refractivity contribution in [2.45, 2.75) is 6.54 Å². The van der Waals surface area contributed by atoms with E-state index in [0.29, 0.717) is 28.2 Å². The van der Waals surface area contributed by atoms with Gasteiger partial charge in [-0.25, -0.2) is 9.98 Å². The minimum atomic E-state index is 0. The largest absolute Gasteiger partial charge is 0.496 e. The molecular formula is C19H20BrClN4O2S. The van der Waals surface area contributed by atoms with E-state index in [9.17, 15) is 0 Å². The summed E-state index contributed by atoms with van der Waals surface area (Å²) in [5, 5.41) is 6.27. The van der Waals surface area contributed by atoms with E-state index in [4.69, 9.17) is 26.8 Å². The molecule has 0 bridgehead atoms. The number of aromatic nitrogens is 1. The summed E-state index contributed by atoms with van der Waals surface area (Å²) < 4.78 is 10.7. The van der Waals surface area contributed by atoms with Crippen molar-refractivity contribution < 1.29 is 9.47 Å². The van der Waals surface area contributed by atoms with Crippen LogP contribution >= 0.6 is 39.9 Å². The van der Waals surface area contributed by atoms with Crippen molar-refractivity contribution >= 4 is 51.0 Å². The number of hydrogen-bond donors (Lipinski definition) is 2. The monoisotopic (exact) mass is 482 g/mol. The third-order valence-corrected chi connectivity index (χ3v) is 4.79. The molecule has 6 nitrogen and oxygen atoms in total. The molecule has 0 radical (unpaired) electrons. The molecule has 1 aromatic heterocycles. The summed E-state index contributed by atoms with van der Waals surface area (Å²) in [7, 11) is 3.22. The number of rotatable bonds is 6. The lowest BCUT2D eigenvalue weighted by atomic mass is 10.2. The van der Waals surface area contributed by atoms with Gasteiger partial charge in [0.2, 0.25) is 0 Å². The van der Waals surface area contributed by atoms with Crippen molar-refractivity contribution in [3.05, 3.63) is 58.4 Å². The zero-order chi connectivity index (χ0) is 19.2. The summed E-state index contributed by atoms with van der Waals surface area (Å²) >= 11 is 7.48. The molecule has 3 rings (SSSR count). The number of aliphatic imine (C=N–C) groups is 1. The normalized spacial score (nSPS) is 10.9. The van der Waals surface area contributed by atoms with Crippen LogP contribution < -0.4 is 20.5 Å². The maximum atomic E-state index is 6.04. The van der Waals surface area contributed by atoms with E-state index in [2.05, 4.69) is 15.3 Å². The Morgan fingerprint density at radius 2 is 1.86 bits per heavy atom. The minimum Gasteiger partial charge on any atom is -0.496 e. The van der Waals surface area contributed by atoms with E-state index in [-0.39, 0.29) is 22.9 Å². The van der Waals surface area contributed by atoms with Gasteiger partial charge in [-0.1, -0.05) is 29.8 Å². The van der Waals surface area contributed by atoms with E-state index in [1.807, 2.05) is 47.8 Å². The fourth-order valence-electron chi connectivity index (χ4n) is 2.51. The Morgan fingerprint density at radius 3 is 2.50 bits per heavy atom. The predicted octanol–water partition coefficient (Wildman–Crippen LogP) is 4.99. The highest BCUT2D eigenvalue weighted by atomic mass is 79.9. The Morgan fingerprint density at radius 1 is 1.18 bits per heavy atom. The third kappa shape index (κ3) is 5.37. The summed E-state index contributed by atoms with van der Waals surface area (Å²) in [6, 6.07) is 13.1. The molecule has 0 atom stereocenters. The second-order valence-corrected chi connectivity index (χ2v) is 6.81. The highest BCUT2D eigenvalue weighted by molar-refractivity contribution is 8.93. The standard InChI is InChI=1S/C19H19ClN4O2S.BrH/c1-25-16-7-4-8-17(26-2)14(16)10-22-18(21)24-19-23-15(11-27-19)12-5-3-6-13(20)9-12;/h3-9,11H,10H2,1-2H3,(H3,21,22,23,24);1H. The molecule has 3 aromatic rings. The first-order valence-electron chi connectivity index (χ1n) is 8.09. The van der Waals surface area contributed by atoms with E-state index in [0.717, 1.165) is 16.8 Å². The first-order valence-corrected chi connectivity index (χ1v) is 9.34. The number of nitrogens with two attached hydrogens (primary N) is 1. The van der Waals surface area contributed by atoms with E-state index in [1.54, 1.807) is 14.2 Å². The van der Waals surface area contributed by atoms with Gasteiger partial charge in [0.1, 0.15) is 11.5 Å². The smallest absolute Gasteiger partial charge is 0.195 e. The van der Waals surface area contributed by atoms with Crippen molar-refractivity contribution in [1.82, 2.24) is 4.98 Å². The first-order chi connectivity index (χ1) is 13.1. The highest BCUT2D eigenvalue weighted by Crippen LogP contribution is 2.29. The molecule has 1 heterocycles.